The molecule has 1 aromatic rings. The number of rotatable bonds is 5. The van der Waals surface area contributed by atoms with Crippen molar-refractivity contribution in [3.63, 3.8) is 0 Å². The molecule has 1 unspecified atom stereocenters. The molecule has 0 aliphatic rings. The second kappa shape index (κ2) is 5.72. The molecule has 0 heterocycles. The zero-order chi connectivity index (χ0) is 12.1. The van der Waals surface area contributed by atoms with Crippen molar-refractivity contribution in [1.82, 2.24) is 4.90 Å². The number of methoxy groups -OCH3 is 2. The van der Waals surface area contributed by atoms with Gasteiger partial charge in [0.05, 0.1) is 20.3 Å². The maximum atomic E-state index is 10.0. The Morgan fingerprint density at radius 1 is 1.25 bits per heavy atom. The van der Waals surface area contributed by atoms with Gasteiger partial charge in [-0.25, -0.2) is 0 Å². The highest BCUT2D eigenvalue weighted by Crippen LogP contribution is 2.29. The molecule has 0 aliphatic heterocycles. The first kappa shape index (κ1) is 12.8. The van der Waals surface area contributed by atoms with E-state index in [0.717, 1.165) is 5.56 Å². The van der Waals surface area contributed by atoms with Gasteiger partial charge in [0.15, 0.2) is 0 Å². The van der Waals surface area contributed by atoms with E-state index in [2.05, 4.69) is 0 Å². The van der Waals surface area contributed by atoms with Crippen LogP contribution in [-0.2, 0) is 0 Å². The normalized spacial score (nSPS) is 12.6. The molecule has 1 N–H and O–H groups in total. The smallest absolute Gasteiger partial charge is 0.124 e. The van der Waals surface area contributed by atoms with Crippen molar-refractivity contribution >= 4 is 0 Å². The van der Waals surface area contributed by atoms with Gasteiger partial charge in [-0.05, 0) is 32.3 Å². The highest BCUT2D eigenvalue weighted by atomic mass is 16.5. The van der Waals surface area contributed by atoms with Crippen LogP contribution in [0, 0.1) is 0 Å². The summed E-state index contributed by atoms with van der Waals surface area (Å²) in [5, 5.41) is 10.0. The molecule has 0 aliphatic carbocycles. The van der Waals surface area contributed by atoms with E-state index in [1.165, 1.54) is 0 Å². The van der Waals surface area contributed by atoms with Crippen LogP contribution in [0.5, 0.6) is 11.5 Å². The van der Waals surface area contributed by atoms with Crippen molar-refractivity contribution in [2.45, 2.75) is 6.10 Å². The highest BCUT2D eigenvalue weighted by Gasteiger charge is 2.15. The monoisotopic (exact) mass is 225 g/mol. The lowest BCUT2D eigenvalue weighted by molar-refractivity contribution is 0.135. The molecule has 16 heavy (non-hydrogen) atoms. The molecule has 0 saturated heterocycles. The van der Waals surface area contributed by atoms with Gasteiger partial charge in [0.2, 0.25) is 0 Å². The van der Waals surface area contributed by atoms with E-state index >= 15 is 0 Å². The Kier molecular flexibility index (Phi) is 4.58. The minimum Gasteiger partial charge on any atom is -0.497 e. The summed E-state index contributed by atoms with van der Waals surface area (Å²) in [6.07, 6.45) is -0.583. The Morgan fingerprint density at radius 2 is 1.94 bits per heavy atom. The number of nitrogens with zero attached hydrogens (tertiary/aromatic N) is 1. The molecule has 1 rings (SSSR count). The zero-order valence-corrected chi connectivity index (χ0v) is 10.2. The third-order valence-electron chi connectivity index (χ3n) is 2.33. The summed E-state index contributed by atoms with van der Waals surface area (Å²) in [5.74, 6) is 1.39. The van der Waals surface area contributed by atoms with Gasteiger partial charge in [-0.15, -0.1) is 0 Å². The number of ether oxygens (including phenoxy) is 2. The number of benzene rings is 1. The van der Waals surface area contributed by atoms with E-state index < -0.39 is 6.10 Å². The van der Waals surface area contributed by atoms with Crippen molar-refractivity contribution in [3.05, 3.63) is 23.8 Å². The largest absolute Gasteiger partial charge is 0.497 e. The average molecular weight is 225 g/mol. The first-order valence-electron chi connectivity index (χ1n) is 5.13. The van der Waals surface area contributed by atoms with Gasteiger partial charge in [0.25, 0.3) is 0 Å². The maximum Gasteiger partial charge on any atom is 0.124 e. The topological polar surface area (TPSA) is 41.9 Å². The fourth-order valence-corrected chi connectivity index (χ4v) is 1.54. The van der Waals surface area contributed by atoms with Gasteiger partial charge < -0.3 is 19.5 Å². The van der Waals surface area contributed by atoms with Gasteiger partial charge in [-0.1, -0.05) is 0 Å². The van der Waals surface area contributed by atoms with Crippen molar-refractivity contribution in [2.75, 3.05) is 34.9 Å². The Morgan fingerprint density at radius 3 is 2.44 bits per heavy atom. The van der Waals surface area contributed by atoms with E-state index in [4.69, 9.17) is 9.47 Å². The van der Waals surface area contributed by atoms with Gasteiger partial charge in [0.1, 0.15) is 11.5 Å². The van der Waals surface area contributed by atoms with Gasteiger partial charge in [-0.3, -0.25) is 0 Å². The van der Waals surface area contributed by atoms with E-state index in [0.29, 0.717) is 18.0 Å². The molecule has 0 radical (unpaired) electrons. The predicted molar refractivity (Wildman–Crippen MR) is 63.1 cm³/mol. The minimum atomic E-state index is -0.583. The Labute approximate surface area is 96.4 Å². The number of aliphatic hydroxyl groups excluding tert-OH is 1. The quantitative estimate of drug-likeness (QED) is 0.820. The first-order valence-corrected chi connectivity index (χ1v) is 5.13. The third kappa shape index (κ3) is 3.12. The number of aliphatic hydroxyl groups is 1. The fourth-order valence-electron chi connectivity index (χ4n) is 1.54. The van der Waals surface area contributed by atoms with Gasteiger partial charge >= 0.3 is 0 Å². The highest BCUT2D eigenvalue weighted by molar-refractivity contribution is 5.41. The summed E-state index contributed by atoms with van der Waals surface area (Å²) in [6, 6.07) is 5.41. The predicted octanol–water partition coefficient (Wildman–Crippen LogP) is 1.30. The second-order valence-corrected chi connectivity index (χ2v) is 3.89. The molecule has 4 nitrogen and oxygen atoms in total. The number of hydrogen-bond donors (Lipinski definition) is 1. The SMILES string of the molecule is COc1ccc(OC)c(C(O)CN(C)C)c1. The molecule has 0 saturated carbocycles. The standard InChI is InChI=1S/C12H19NO3/c1-13(2)8-11(14)10-7-9(15-3)5-6-12(10)16-4/h5-7,11,14H,8H2,1-4H3. The summed E-state index contributed by atoms with van der Waals surface area (Å²) in [4.78, 5) is 1.92. The van der Waals surface area contributed by atoms with Crippen molar-refractivity contribution in [3.8, 4) is 11.5 Å². The zero-order valence-electron chi connectivity index (χ0n) is 10.2. The summed E-state index contributed by atoms with van der Waals surface area (Å²) in [6.45, 7) is 0.545. The Bertz CT molecular complexity index is 339. The van der Waals surface area contributed by atoms with E-state index in [-0.39, 0.29) is 0 Å². The van der Waals surface area contributed by atoms with Crippen LogP contribution in [0.4, 0.5) is 0 Å². The number of hydrogen-bond acceptors (Lipinski definition) is 4. The van der Waals surface area contributed by atoms with Crippen LogP contribution in [0.25, 0.3) is 0 Å². The molecular formula is C12H19NO3. The van der Waals surface area contributed by atoms with Crippen molar-refractivity contribution < 1.29 is 14.6 Å². The molecule has 0 bridgehead atoms. The van der Waals surface area contributed by atoms with Crippen LogP contribution in [0.3, 0.4) is 0 Å². The lowest BCUT2D eigenvalue weighted by Gasteiger charge is -2.19. The third-order valence-corrected chi connectivity index (χ3v) is 2.33. The molecule has 1 atom stereocenters. The van der Waals surface area contributed by atoms with Crippen LogP contribution in [0.15, 0.2) is 18.2 Å². The summed E-state index contributed by atoms with van der Waals surface area (Å²) < 4.78 is 10.3. The van der Waals surface area contributed by atoms with Crippen LogP contribution in [0.2, 0.25) is 0 Å². The van der Waals surface area contributed by atoms with Crippen LogP contribution >= 0.6 is 0 Å². The van der Waals surface area contributed by atoms with Crippen molar-refractivity contribution in [1.29, 1.82) is 0 Å². The molecule has 0 fully saturated rings. The molecule has 1 aromatic carbocycles. The maximum absolute atomic E-state index is 10.0. The Balaban J connectivity index is 2.98. The van der Waals surface area contributed by atoms with E-state index in [1.54, 1.807) is 26.4 Å². The van der Waals surface area contributed by atoms with E-state index in [9.17, 15) is 5.11 Å². The van der Waals surface area contributed by atoms with Crippen LogP contribution < -0.4 is 9.47 Å². The van der Waals surface area contributed by atoms with Gasteiger partial charge in [0, 0.05) is 12.1 Å². The minimum absolute atomic E-state index is 0.545. The van der Waals surface area contributed by atoms with E-state index in [1.807, 2.05) is 25.1 Å². The van der Waals surface area contributed by atoms with Gasteiger partial charge in [-0.2, -0.15) is 0 Å². The summed E-state index contributed by atoms with van der Waals surface area (Å²) >= 11 is 0. The lowest BCUT2D eigenvalue weighted by atomic mass is 10.1. The molecule has 4 heteroatoms. The van der Waals surface area contributed by atoms with Crippen LogP contribution in [0.1, 0.15) is 11.7 Å². The van der Waals surface area contributed by atoms with Crippen LogP contribution in [-0.4, -0.2) is 44.9 Å². The fraction of sp³-hybridized carbons (Fsp3) is 0.500. The first-order chi connectivity index (χ1) is 7.58. The van der Waals surface area contributed by atoms with Crippen molar-refractivity contribution in [2.24, 2.45) is 0 Å². The molecule has 0 aromatic heterocycles. The molecule has 0 amide bonds. The Hall–Kier alpha value is -1.26. The molecule has 90 valence electrons. The second-order valence-electron chi connectivity index (χ2n) is 3.89. The number of likely N-dealkylation sites (N-methyl/N-ethyl adjacent to an activating group) is 1. The summed E-state index contributed by atoms with van der Waals surface area (Å²) in [5.41, 5.74) is 0.746. The average Bonchev–Trinajstić information content (AvgIpc) is 2.27. The molecule has 0 spiro atoms. The summed E-state index contributed by atoms with van der Waals surface area (Å²) in [7, 11) is 7.02. The lowest BCUT2D eigenvalue weighted by Crippen LogP contribution is -2.20. The molecular weight excluding hydrogens is 206 g/mol.